The summed E-state index contributed by atoms with van der Waals surface area (Å²) in [7, 11) is 0. The Bertz CT molecular complexity index is 231. The van der Waals surface area contributed by atoms with Crippen molar-refractivity contribution in [1.29, 1.82) is 0 Å². The van der Waals surface area contributed by atoms with Gasteiger partial charge < -0.3 is 25.8 Å². The van der Waals surface area contributed by atoms with Gasteiger partial charge in [0, 0.05) is 6.92 Å². The Morgan fingerprint density at radius 1 is 1.40 bits per heavy atom. The van der Waals surface area contributed by atoms with E-state index in [1.807, 2.05) is 0 Å². The number of aliphatic hydroxyl groups is 3. The predicted molar refractivity (Wildman–Crippen MR) is 48.7 cm³/mol. The summed E-state index contributed by atoms with van der Waals surface area (Å²) >= 11 is 0. The number of aliphatic hydroxyl groups excluding tert-OH is 3. The van der Waals surface area contributed by atoms with Crippen LogP contribution in [0.15, 0.2) is 0 Å². The van der Waals surface area contributed by atoms with Crippen molar-refractivity contribution in [1.82, 2.24) is 0 Å². The molecule has 0 radical (unpaired) electrons. The summed E-state index contributed by atoms with van der Waals surface area (Å²) in [5.41, 5.74) is 5.17. The third-order valence-electron chi connectivity index (χ3n) is 1.68. The molecule has 0 aromatic heterocycles. The molecule has 0 saturated carbocycles. The molecular formula is C8H15NO6. The number of ether oxygens (including phenoxy) is 1. The highest BCUT2D eigenvalue weighted by atomic mass is 16.5. The summed E-state index contributed by atoms with van der Waals surface area (Å²) in [4.78, 5) is 21.5. The Kier molecular flexibility index (Phi) is 6.02. The fourth-order valence-electron chi connectivity index (χ4n) is 0.786. The van der Waals surface area contributed by atoms with E-state index in [0.29, 0.717) is 0 Å². The van der Waals surface area contributed by atoms with Gasteiger partial charge in [-0.3, -0.25) is 9.59 Å². The number of ketones is 1. The summed E-state index contributed by atoms with van der Waals surface area (Å²) in [5, 5.41) is 26.9. The van der Waals surface area contributed by atoms with E-state index >= 15 is 0 Å². The molecule has 0 aliphatic rings. The molecule has 0 amide bonds. The molecule has 5 N–H and O–H groups in total. The molecule has 15 heavy (non-hydrogen) atoms. The highest BCUT2D eigenvalue weighted by molar-refractivity contribution is 5.87. The Morgan fingerprint density at radius 2 is 1.93 bits per heavy atom. The minimum absolute atomic E-state index is 0.538. The van der Waals surface area contributed by atoms with Gasteiger partial charge >= 0.3 is 5.97 Å². The van der Waals surface area contributed by atoms with Gasteiger partial charge in [-0.1, -0.05) is 0 Å². The lowest BCUT2D eigenvalue weighted by Crippen LogP contribution is -2.48. The van der Waals surface area contributed by atoms with E-state index < -0.39 is 43.2 Å². The number of hydrogen-bond donors (Lipinski definition) is 4. The third-order valence-corrected chi connectivity index (χ3v) is 1.68. The van der Waals surface area contributed by atoms with Crippen LogP contribution in [-0.2, 0) is 14.3 Å². The van der Waals surface area contributed by atoms with E-state index in [-0.39, 0.29) is 0 Å². The highest BCUT2D eigenvalue weighted by Crippen LogP contribution is 1.98. The molecule has 0 spiro atoms. The molecule has 0 aliphatic carbocycles. The molecule has 3 atom stereocenters. The molecule has 0 aromatic carbocycles. The summed E-state index contributed by atoms with van der Waals surface area (Å²) in [6, 6.07) is -1.16. The number of carbonyl (C=O) groups is 2. The van der Waals surface area contributed by atoms with E-state index in [1.165, 1.54) is 0 Å². The maximum atomic E-state index is 11.2. The maximum Gasteiger partial charge on any atom is 0.302 e. The van der Waals surface area contributed by atoms with E-state index in [2.05, 4.69) is 4.74 Å². The number of Topliss-reactive ketones (excluding diaryl/α,β-unsaturated/α-hetero) is 1. The van der Waals surface area contributed by atoms with Crippen molar-refractivity contribution in [2.24, 2.45) is 5.73 Å². The standard InChI is InChI=1S/C8H15NO6/c1-4(11)15-3-6(12)8(14)7(13)5(9)2-10/h5-7,10,12-13H,2-3,9H2,1H3/t5-,6-,7-/m1/s1. The normalized spacial score (nSPS) is 16.6. The number of hydrogen-bond acceptors (Lipinski definition) is 7. The van der Waals surface area contributed by atoms with Gasteiger partial charge in [-0.25, -0.2) is 0 Å². The number of nitrogens with two attached hydrogens (primary N) is 1. The Hall–Kier alpha value is -1.02. The molecule has 0 fully saturated rings. The predicted octanol–water partition coefficient (Wildman–Crippen LogP) is -2.84. The molecular weight excluding hydrogens is 206 g/mol. The van der Waals surface area contributed by atoms with Crippen LogP contribution >= 0.6 is 0 Å². The van der Waals surface area contributed by atoms with Crippen LogP contribution < -0.4 is 5.73 Å². The smallest absolute Gasteiger partial charge is 0.302 e. The summed E-state index contributed by atoms with van der Waals surface area (Å²) in [6.07, 6.45) is -3.32. The first kappa shape index (κ1) is 14.0. The van der Waals surface area contributed by atoms with Gasteiger partial charge in [0.15, 0.2) is 5.78 Å². The van der Waals surface area contributed by atoms with E-state index in [9.17, 15) is 14.7 Å². The van der Waals surface area contributed by atoms with Crippen molar-refractivity contribution in [3.05, 3.63) is 0 Å². The molecule has 7 nitrogen and oxygen atoms in total. The van der Waals surface area contributed by atoms with Crippen molar-refractivity contribution < 1.29 is 29.6 Å². The van der Waals surface area contributed by atoms with E-state index in [4.69, 9.17) is 15.9 Å². The SMILES string of the molecule is CC(=O)OC[C@@H](O)C(=O)[C@H](O)[C@H](N)CO. The van der Waals surface area contributed by atoms with Crippen molar-refractivity contribution in [2.45, 2.75) is 25.2 Å². The second kappa shape index (κ2) is 6.46. The third kappa shape index (κ3) is 4.84. The van der Waals surface area contributed by atoms with Crippen molar-refractivity contribution in [3.63, 3.8) is 0 Å². The van der Waals surface area contributed by atoms with Gasteiger partial charge in [0.2, 0.25) is 0 Å². The lowest BCUT2D eigenvalue weighted by atomic mass is 10.0. The van der Waals surface area contributed by atoms with Crippen LogP contribution in [0.4, 0.5) is 0 Å². The average Bonchev–Trinajstić information content (AvgIpc) is 2.22. The topological polar surface area (TPSA) is 130 Å². The molecule has 0 saturated heterocycles. The highest BCUT2D eigenvalue weighted by Gasteiger charge is 2.28. The maximum absolute atomic E-state index is 11.2. The zero-order valence-corrected chi connectivity index (χ0v) is 8.29. The average molecular weight is 221 g/mol. The summed E-state index contributed by atoms with van der Waals surface area (Å²) < 4.78 is 4.36. The molecule has 0 heterocycles. The Morgan fingerprint density at radius 3 is 2.33 bits per heavy atom. The van der Waals surface area contributed by atoms with Crippen LogP contribution in [0, 0.1) is 0 Å². The Labute approximate surface area is 86.5 Å². The minimum Gasteiger partial charge on any atom is -0.463 e. The van der Waals surface area contributed by atoms with Crippen LogP contribution in [0.25, 0.3) is 0 Å². The quantitative estimate of drug-likeness (QED) is 0.355. The molecule has 0 aromatic rings. The summed E-state index contributed by atoms with van der Waals surface area (Å²) in [6.45, 7) is -0.0103. The van der Waals surface area contributed by atoms with Crippen LogP contribution in [0.5, 0.6) is 0 Å². The number of esters is 1. The second-order valence-corrected chi connectivity index (χ2v) is 3.01. The monoisotopic (exact) mass is 221 g/mol. The lowest BCUT2D eigenvalue weighted by molar-refractivity contribution is -0.149. The first-order chi connectivity index (χ1) is 6.90. The number of carbonyl (C=O) groups excluding carboxylic acids is 2. The van der Waals surface area contributed by atoms with Gasteiger partial charge in [-0.15, -0.1) is 0 Å². The molecule has 0 bridgehead atoms. The zero-order chi connectivity index (χ0) is 12.0. The molecule has 0 aliphatic heterocycles. The van der Waals surface area contributed by atoms with Crippen LogP contribution in [0.2, 0.25) is 0 Å². The molecule has 7 heteroatoms. The van der Waals surface area contributed by atoms with Gasteiger partial charge in [0.05, 0.1) is 12.6 Å². The fourth-order valence-corrected chi connectivity index (χ4v) is 0.786. The van der Waals surface area contributed by atoms with Crippen LogP contribution in [0.3, 0.4) is 0 Å². The van der Waals surface area contributed by atoms with E-state index in [0.717, 1.165) is 6.92 Å². The summed E-state index contributed by atoms with van der Waals surface area (Å²) in [5.74, 6) is -1.64. The lowest BCUT2D eigenvalue weighted by Gasteiger charge is -2.18. The first-order valence-electron chi connectivity index (χ1n) is 4.29. The van der Waals surface area contributed by atoms with Crippen LogP contribution in [-0.4, -0.2) is 58.5 Å². The van der Waals surface area contributed by atoms with Crippen molar-refractivity contribution in [2.75, 3.05) is 13.2 Å². The van der Waals surface area contributed by atoms with Gasteiger partial charge in [-0.2, -0.15) is 0 Å². The van der Waals surface area contributed by atoms with Crippen molar-refractivity contribution in [3.8, 4) is 0 Å². The molecule has 88 valence electrons. The molecule has 0 rings (SSSR count). The minimum atomic E-state index is -1.68. The van der Waals surface area contributed by atoms with E-state index in [1.54, 1.807) is 0 Å². The zero-order valence-electron chi connectivity index (χ0n) is 8.29. The first-order valence-corrected chi connectivity index (χ1v) is 4.29. The second-order valence-electron chi connectivity index (χ2n) is 3.01. The fraction of sp³-hybridized carbons (Fsp3) is 0.750. The number of rotatable bonds is 6. The Balaban J connectivity index is 4.13. The van der Waals surface area contributed by atoms with Gasteiger partial charge in [0.1, 0.15) is 18.8 Å². The van der Waals surface area contributed by atoms with Crippen LogP contribution in [0.1, 0.15) is 6.92 Å². The van der Waals surface area contributed by atoms with Gasteiger partial charge in [-0.05, 0) is 0 Å². The largest absolute Gasteiger partial charge is 0.463 e. The molecule has 0 unspecified atom stereocenters. The van der Waals surface area contributed by atoms with Gasteiger partial charge in [0.25, 0.3) is 0 Å². The van der Waals surface area contributed by atoms with Crippen molar-refractivity contribution >= 4 is 11.8 Å².